The maximum Gasteiger partial charge on any atom is 2.00 e. The molecule has 10 heavy (non-hydrogen) atoms. The predicted octanol–water partition coefficient (Wildman–Crippen LogP) is -1.03. The third-order valence-corrected chi connectivity index (χ3v) is 1.26. The molecule has 0 aromatic carbocycles. The van der Waals surface area contributed by atoms with Crippen molar-refractivity contribution in [1.29, 1.82) is 0 Å². The molecule has 4 heteroatoms. The van der Waals surface area contributed by atoms with Crippen molar-refractivity contribution in [3.63, 3.8) is 0 Å². The Balaban J connectivity index is 0. The maximum absolute atomic E-state index is 10.4. The van der Waals surface area contributed by atoms with Crippen LogP contribution in [0.2, 0.25) is 0 Å². The van der Waals surface area contributed by atoms with Crippen LogP contribution in [0.15, 0.2) is 0 Å². The first-order valence-corrected chi connectivity index (χ1v) is 2.84. The summed E-state index contributed by atoms with van der Waals surface area (Å²) >= 11 is 0. The second-order valence-corrected chi connectivity index (χ2v) is 1.96. The van der Waals surface area contributed by atoms with Gasteiger partial charge in [-0.1, -0.05) is 13.8 Å². The van der Waals surface area contributed by atoms with Crippen LogP contribution in [-0.4, -0.2) is 49.5 Å². The van der Waals surface area contributed by atoms with E-state index in [1.54, 1.807) is 13.8 Å². The molecule has 0 aliphatic carbocycles. The van der Waals surface area contributed by atoms with Crippen LogP contribution in [0.3, 0.4) is 0 Å². The van der Waals surface area contributed by atoms with Gasteiger partial charge in [0.2, 0.25) is 0 Å². The maximum atomic E-state index is 10.4. The molecule has 0 saturated carbocycles. The molecule has 0 radical (unpaired) electrons. The number of carboxylic acid groups (broad SMARTS) is 1. The molecule has 3 nitrogen and oxygen atoms in total. The van der Waals surface area contributed by atoms with E-state index in [9.17, 15) is 14.7 Å². The van der Waals surface area contributed by atoms with E-state index in [1.807, 2.05) is 0 Å². The number of Topliss-reactive ketones (excluding diaryl/α,β-unsaturated/α-hetero) is 1. The van der Waals surface area contributed by atoms with Gasteiger partial charge in [-0.15, -0.1) is 0 Å². The first-order chi connectivity index (χ1) is 4.09. The van der Waals surface area contributed by atoms with Gasteiger partial charge in [0.05, 0.1) is 0 Å². The number of carbonyl (C=O) groups excluding carboxylic acids is 2. The summed E-state index contributed by atoms with van der Waals surface area (Å²) in [6, 6.07) is 0. The van der Waals surface area contributed by atoms with Gasteiger partial charge in [-0.05, 0) is 6.42 Å². The summed E-state index contributed by atoms with van der Waals surface area (Å²) in [5, 5.41) is 9.84. The van der Waals surface area contributed by atoms with Gasteiger partial charge in [0.25, 0.3) is 0 Å². The number of carboxylic acids is 1. The smallest absolute Gasteiger partial charge is 0.542 e. The third kappa shape index (κ3) is 4.25. The molecule has 0 amide bonds. The minimum atomic E-state index is -1.58. The van der Waals surface area contributed by atoms with Crippen LogP contribution in [0.1, 0.15) is 20.3 Å². The number of rotatable bonds is 3. The van der Waals surface area contributed by atoms with Crippen molar-refractivity contribution in [2.75, 3.05) is 0 Å². The standard InChI is InChI=1S/C6H10O3.Ca/c1-3-4(2)5(7)6(8)9;/h4H,3H2,1-2H3,(H,8,9);/q;+2/p-1. The molecule has 0 aliphatic rings. The normalized spacial score (nSPS) is 11.4. The summed E-state index contributed by atoms with van der Waals surface area (Å²) in [6.45, 7) is 3.32. The Morgan fingerprint density at radius 1 is 1.50 bits per heavy atom. The topological polar surface area (TPSA) is 57.2 Å². The van der Waals surface area contributed by atoms with Crippen LogP contribution < -0.4 is 5.11 Å². The molecule has 52 valence electrons. The SMILES string of the molecule is CCC(C)C(=O)C(=O)[O-].[Ca+2]. The van der Waals surface area contributed by atoms with Crippen molar-refractivity contribution in [3.05, 3.63) is 0 Å². The van der Waals surface area contributed by atoms with E-state index < -0.39 is 17.7 Å². The Kier molecular flexibility index (Phi) is 7.99. The summed E-state index contributed by atoms with van der Waals surface area (Å²) in [4.78, 5) is 20.3. The molecule has 0 saturated heterocycles. The number of ketones is 1. The fourth-order valence-corrected chi connectivity index (χ4v) is 0.387. The van der Waals surface area contributed by atoms with Crippen molar-refractivity contribution in [1.82, 2.24) is 0 Å². The average Bonchev–Trinajstić information content (AvgIpc) is 1.84. The van der Waals surface area contributed by atoms with E-state index in [2.05, 4.69) is 0 Å². The van der Waals surface area contributed by atoms with Gasteiger partial charge < -0.3 is 9.90 Å². The van der Waals surface area contributed by atoms with Crippen LogP contribution in [0.25, 0.3) is 0 Å². The van der Waals surface area contributed by atoms with Gasteiger partial charge in [-0.3, -0.25) is 4.79 Å². The molecule has 0 rings (SSSR count). The van der Waals surface area contributed by atoms with E-state index in [1.165, 1.54) is 0 Å². The zero-order valence-corrected chi connectivity index (χ0v) is 8.42. The third-order valence-electron chi connectivity index (χ3n) is 1.26. The van der Waals surface area contributed by atoms with Crippen LogP contribution in [-0.2, 0) is 9.59 Å². The largest absolute Gasteiger partial charge is 2.00 e. The van der Waals surface area contributed by atoms with E-state index in [0.29, 0.717) is 6.42 Å². The molecule has 0 aliphatic heterocycles. The number of aliphatic carboxylic acids is 1. The molecule has 0 fully saturated rings. The molecule has 1 unspecified atom stereocenters. The van der Waals surface area contributed by atoms with Gasteiger partial charge in [-0.25, -0.2) is 0 Å². The summed E-state index contributed by atoms with van der Waals surface area (Å²) in [7, 11) is 0. The summed E-state index contributed by atoms with van der Waals surface area (Å²) < 4.78 is 0. The molecular weight excluding hydrogens is 160 g/mol. The second-order valence-electron chi connectivity index (χ2n) is 1.96. The van der Waals surface area contributed by atoms with E-state index in [4.69, 9.17) is 0 Å². The van der Waals surface area contributed by atoms with Crippen molar-refractivity contribution in [2.24, 2.45) is 5.92 Å². The number of hydrogen-bond donors (Lipinski definition) is 0. The first-order valence-electron chi connectivity index (χ1n) is 2.84. The Bertz CT molecular complexity index is 133. The van der Waals surface area contributed by atoms with Crippen molar-refractivity contribution in [2.45, 2.75) is 20.3 Å². The first kappa shape index (κ1) is 13.0. The molecular formula is C6H9CaO3+. The molecule has 0 N–H and O–H groups in total. The molecule has 0 aromatic heterocycles. The van der Waals surface area contributed by atoms with Crippen LogP contribution in [0, 0.1) is 5.92 Å². The zero-order chi connectivity index (χ0) is 7.44. The van der Waals surface area contributed by atoms with Gasteiger partial charge in [-0.2, -0.15) is 0 Å². The molecule has 0 spiro atoms. The average molecular weight is 169 g/mol. The zero-order valence-electron chi connectivity index (χ0n) is 6.22. The molecule has 0 bridgehead atoms. The molecule has 1 atom stereocenters. The van der Waals surface area contributed by atoms with Crippen molar-refractivity contribution < 1.29 is 14.7 Å². The van der Waals surface area contributed by atoms with Crippen LogP contribution in [0.4, 0.5) is 0 Å². The quantitative estimate of drug-likeness (QED) is 0.401. The summed E-state index contributed by atoms with van der Waals surface area (Å²) in [6.07, 6.45) is 0.548. The second kappa shape index (κ2) is 6.13. The van der Waals surface area contributed by atoms with Crippen LogP contribution >= 0.6 is 0 Å². The molecule has 0 aromatic rings. The Morgan fingerprint density at radius 3 is 2.00 bits per heavy atom. The van der Waals surface area contributed by atoms with E-state index >= 15 is 0 Å². The monoisotopic (exact) mass is 169 g/mol. The number of carbonyl (C=O) groups is 2. The minimum Gasteiger partial charge on any atom is -0.542 e. The van der Waals surface area contributed by atoms with E-state index in [0.717, 1.165) is 0 Å². The van der Waals surface area contributed by atoms with Crippen molar-refractivity contribution >= 4 is 49.5 Å². The number of hydrogen-bond acceptors (Lipinski definition) is 3. The van der Waals surface area contributed by atoms with Crippen LogP contribution in [0.5, 0.6) is 0 Å². The van der Waals surface area contributed by atoms with E-state index in [-0.39, 0.29) is 37.7 Å². The Labute approximate surface area is 89.8 Å². The Morgan fingerprint density at radius 2 is 1.90 bits per heavy atom. The predicted molar refractivity (Wildman–Crippen MR) is 35.2 cm³/mol. The van der Waals surface area contributed by atoms with Gasteiger partial charge in [0.15, 0.2) is 5.78 Å². The Hall–Kier alpha value is 0.400. The van der Waals surface area contributed by atoms with Crippen molar-refractivity contribution in [3.8, 4) is 0 Å². The van der Waals surface area contributed by atoms with Gasteiger partial charge in [0.1, 0.15) is 5.97 Å². The summed E-state index contributed by atoms with van der Waals surface area (Å²) in [5.41, 5.74) is 0. The van der Waals surface area contributed by atoms with Gasteiger partial charge in [0, 0.05) is 5.92 Å². The summed E-state index contributed by atoms with van der Waals surface area (Å²) in [5.74, 6) is -2.79. The van der Waals surface area contributed by atoms with Gasteiger partial charge >= 0.3 is 37.7 Å². The minimum absolute atomic E-state index is 0. The fourth-order valence-electron chi connectivity index (χ4n) is 0.387. The fraction of sp³-hybridized carbons (Fsp3) is 0.667. The molecule has 0 heterocycles.